The summed E-state index contributed by atoms with van der Waals surface area (Å²) in [5.74, 6) is -10.3. The summed E-state index contributed by atoms with van der Waals surface area (Å²) < 4.78 is 55.8. The van der Waals surface area contributed by atoms with Crippen LogP contribution < -0.4 is 0 Å². The van der Waals surface area contributed by atoms with E-state index in [-0.39, 0.29) is 0 Å². The number of aromatic nitrogens is 1. The Balaban J connectivity index is 1.57. The number of rotatable bonds is 2. The topological polar surface area (TPSA) is 47.0 Å². The molecule has 148 valence electrons. The molecule has 0 saturated carbocycles. The van der Waals surface area contributed by atoms with Gasteiger partial charge in [-0.15, -0.1) is 22.7 Å². The number of allylic oxidation sites excluding steroid dienone is 1. The third-order valence-electron chi connectivity index (χ3n) is 4.63. The van der Waals surface area contributed by atoms with E-state index in [9.17, 15) is 27.2 Å². The summed E-state index contributed by atoms with van der Waals surface area (Å²) >= 11 is 2.59. The molecule has 0 bridgehead atoms. The van der Waals surface area contributed by atoms with Crippen LogP contribution in [0.1, 0.15) is 25.6 Å². The zero-order chi connectivity index (χ0) is 21.2. The molecule has 0 spiro atoms. The van der Waals surface area contributed by atoms with Gasteiger partial charge in [0.15, 0.2) is 23.3 Å². The lowest BCUT2D eigenvalue weighted by molar-refractivity contribution is 0.0988. The number of hydrogen-bond acceptors (Lipinski definition) is 5. The highest BCUT2D eigenvalue weighted by Crippen LogP contribution is 2.38. The zero-order valence-electron chi connectivity index (χ0n) is 14.6. The van der Waals surface area contributed by atoms with Crippen molar-refractivity contribution in [2.75, 3.05) is 0 Å². The number of thiazole rings is 1. The molecule has 30 heavy (non-hydrogen) atoms. The van der Waals surface area contributed by atoms with Crippen LogP contribution in [-0.4, -0.2) is 16.6 Å². The van der Waals surface area contributed by atoms with Gasteiger partial charge in [0.1, 0.15) is 9.84 Å². The number of benzene rings is 2. The maximum atomic E-state index is 14.0. The van der Waals surface area contributed by atoms with E-state index in [1.165, 1.54) is 28.7 Å². The van der Waals surface area contributed by atoms with E-state index in [0.717, 1.165) is 15.3 Å². The highest BCUT2D eigenvalue weighted by Gasteiger charge is 2.42. The Morgan fingerprint density at radius 2 is 1.40 bits per heavy atom. The minimum Gasteiger partial charge on any atom is -0.288 e. The second-order valence-corrected chi connectivity index (χ2v) is 8.52. The van der Waals surface area contributed by atoms with Crippen LogP contribution in [0.5, 0.6) is 0 Å². The Kier molecular flexibility index (Phi) is 4.19. The summed E-state index contributed by atoms with van der Waals surface area (Å²) in [4.78, 5) is 30.5. The van der Waals surface area contributed by atoms with Crippen LogP contribution in [0.2, 0.25) is 0 Å². The maximum absolute atomic E-state index is 14.0. The van der Waals surface area contributed by atoms with Crippen LogP contribution in [0.15, 0.2) is 42.0 Å². The Morgan fingerprint density at radius 1 is 0.800 bits per heavy atom. The molecule has 0 atom stereocenters. The van der Waals surface area contributed by atoms with Gasteiger partial charge in [0.25, 0.3) is 0 Å². The van der Waals surface area contributed by atoms with E-state index in [4.69, 9.17) is 0 Å². The third kappa shape index (κ3) is 2.66. The first-order valence-corrected chi connectivity index (χ1v) is 10.1. The molecule has 0 saturated heterocycles. The van der Waals surface area contributed by atoms with Gasteiger partial charge in [-0.05, 0) is 12.1 Å². The number of Topliss-reactive ketones (excluding diaryl/α,β-unsaturated/α-hetero) is 2. The van der Waals surface area contributed by atoms with E-state index in [1.54, 1.807) is 6.07 Å². The molecule has 0 N–H and O–H groups in total. The zero-order valence-corrected chi connectivity index (χ0v) is 16.3. The van der Waals surface area contributed by atoms with Crippen molar-refractivity contribution in [1.82, 2.24) is 4.98 Å². The second-order valence-electron chi connectivity index (χ2n) is 6.43. The SMILES string of the molecule is O=C1C(=Cc2cc3sc(-c4ccccc4)nc3s2)C(=O)c2c(F)c(F)c(F)c(F)c21. The van der Waals surface area contributed by atoms with Crippen LogP contribution in [0, 0.1) is 23.3 Å². The van der Waals surface area contributed by atoms with Crippen molar-refractivity contribution in [3.63, 3.8) is 0 Å². The molecule has 4 aromatic rings. The molecule has 9 heteroatoms. The first-order chi connectivity index (χ1) is 14.4. The maximum Gasteiger partial charge on any atom is 0.200 e. The molecule has 0 amide bonds. The fourth-order valence-corrected chi connectivity index (χ4v) is 5.41. The van der Waals surface area contributed by atoms with E-state index in [1.807, 2.05) is 30.3 Å². The van der Waals surface area contributed by atoms with Crippen molar-refractivity contribution in [1.29, 1.82) is 0 Å². The molecule has 2 heterocycles. The van der Waals surface area contributed by atoms with Gasteiger partial charge in [0.05, 0.1) is 21.4 Å². The average molecular weight is 445 g/mol. The van der Waals surface area contributed by atoms with Gasteiger partial charge in [-0.3, -0.25) is 9.59 Å². The molecule has 0 fully saturated rings. The van der Waals surface area contributed by atoms with Crippen molar-refractivity contribution in [3.05, 3.63) is 81.2 Å². The number of hydrogen-bond donors (Lipinski definition) is 0. The molecule has 3 nitrogen and oxygen atoms in total. The summed E-state index contributed by atoms with van der Waals surface area (Å²) in [7, 11) is 0. The first-order valence-electron chi connectivity index (χ1n) is 8.49. The molecule has 0 aliphatic heterocycles. The summed E-state index contributed by atoms with van der Waals surface area (Å²) in [5.41, 5.74) is -1.77. The van der Waals surface area contributed by atoms with Crippen molar-refractivity contribution in [2.45, 2.75) is 0 Å². The van der Waals surface area contributed by atoms with Crippen molar-refractivity contribution < 1.29 is 27.2 Å². The number of carbonyl (C=O) groups is 2. The second kappa shape index (κ2) is 6.68. The summed E-state index contributed by atoms with van der Waals surface area (Å²) in [5, 5.41) is 0.798. The summed E-state index contributed by atoms with van der Waals surface area (Å²) in [6.07, 6.45) is 1.17. The Hall–Kier alpha value is -3.17. The van der Waals surface area contributed by atoms with E-state index < -0.39 is 51.5 Å². The summed E-state index contributed by atoms with van der Waals surface area (Å²) in [6, 6.07) is 11.2. The van der Waals surface area contributed by atoms with Gasteiger partial charge in [0.2, 0.25) is 11.6 Å². The number of nitrogens with zero attached hydrogens (tertiary/aromatic N) is 1. The molecule has 0 unspecified atom stereocenters. The largest absolute Gasteiger partial charge is 0.288 e. The van der Waals surface area contributed by atoms with E-state index in [2.05, 4.69) is 4.98 Å². The number of fused-ring (bicyclic) bond motifs is 2. The lowest BCUT2D eigenvalue weighted by Gasteiger charge is -2.02. The normalized spacial score (nSPS) is 13.4. The third-order valence-corrected chi connectivity index (χ3v) is 6.78. The minimum atomic E-state index is -2.12. The molecule has 2 aromatic heterocycles. The standard InChI is InChI=1S/C21H7F4NO2S2/c22-14-12-13(15(23)17(25)16(14)24)19(28)10(18(12)27)6-9-7-11-21(29-9)26-20(30-11)8-4-2-1-3-5-8/h1-7H. The Labute approximate surface area is 173 Å². The number of carbonyl (C=O) groups excluding carboxylic acids is 2. The Bertz CT molecular complexity index is 1340. The van der Waals surface area contributed by atoms with Crippen LogP contribution in [0.3, 0.4) is 0 Å². The van der Waals surface area contributed by atoms with Crippen molar-refractivity contribution in [2.24, 2.45) is 0 Å². The first kappa shape index (κ1) is 18.8. The molecular weight excluding hydrogens is 438 g/mol. The van der Waals surface area contributed by atoms with Crippen LogP contribution in [-0.2, 0) is 0 Å². The van der Waals surface area contributed by atoms with Crippen molar-refractivity contribution in [3.8, 4) is 10.6 Å². The minimum absolute atomic E-state index is 0.453. The van der Waals surface area contributed by atoms with E-state index >= 15 is 0 Å². The molecule has 1 aliphatic carbocycles. The molecular formula is C21H7F4NO2S2. The van der Waals surface area contributed by atoms with Gasteiger partial charge < -0.3 is 0 Å². The predicted molar refractivity (Wildman–Crippen MR) is 106 cm³/mol. The van der Waals surface area contributed by atoms with E-state index in [0.29, 0.717) is 9.71 Å². The molecule has 2 aromatic carbocycles. The number of ketones is 2. The molecule has 5 rings (SSSR count). The quantitative estimate of drug-likeness (QED) is 0.124. The highest BCUT2D eigenvalue weighted by atomic mass is 32.1. The van der Waals surface area contributed by atoms with Gasteiger partial charge in [-0.25, -0.2) is 22.5 Å². The Morgan fingerprint density at radius 3 is 1.97 bits per heavy atom. The lowest BCUT2D eigenvalue weighted by Crippen LogP contribution is -2.07. The number of thiophene rings is 1. The van der Waals surface area contributed by atoms with Crippen LogP contribution in [0.4, 0.5) is 17.6 Å². The highest BCUT2D eigenvalue weighted by molar-refractivity contribution is 7.29. The average Bonchev–Trinajstić information content (AvgIpc) is 3.38. The van der Waals surface area contributed by atoms with Crippen LogP contribution in [0.25, 0.3) is 26.2 Å². The van der Waals surface area contributed by atoms with Gasteiger partial charge in [0, 0.05) is 10.4 Å². The van der Waals surface area contributed by atoms with Gasteiger partial charge >= 0.3 is 0 Å². The fraction of sp³-hybridized carbons (Fsp3) is 0. The molecule has 0 radical (unpaired) electrons. The smallest absolute Gasteiger partial charge is 0.200 e. The van der Waals surface area contributed by atoms with Gasteiger partial charge in [-0.2, -0.15) is 0 Å². The number of halogens is 4. The predicted octanol–water partition coefficient (Wildman–Crippen LogP) is 6.04. The lowest BCUT2D eigenvalue weighted by atomic mass is 10.1. The summed E-state index contributed by atoms with van der Waals surface area (Å²) in [6.45, 7) is 0. The fourth-order valence-electron chi connectivity index (χ4n) is 3.23. The monoisotopic (exact) mass is 445 g/mol. The van der Waals surface area contributed by atoms with Gasteiger partial charge in [-0.1, -0.05) is 30.3 Å². The van der Waals surface area contributed by atoms with Crippen LogP contribution >= 0.6 is 22.7 Å². The molecule has 1 aliphatic rings. The van der Waals surface area contributed by atoms with Crippen molar-refractivity contribution >= 4 is 49.8 Å².